The molecule has 172 valence electrons. The fraction of sp³-hybridized carbons (Fsp3) is 0.208. The van der Waals surface area contributed by atoms with Crippen LogP contribution in [0.5, 0.6) is 0 Å². The number of rotatable bonds is 5. The topological polar surface area (TPSA) is 69.7 Å². The van der Waals surface area contributed by atoms with E-state index in [-0.39, 0.29) is 29.4 Å². The average Bonchev–Trinajstić information content (AvgIpc) is 2.81. The van der Waals surface area contributed by atoms with Gasteiger partial charge in [0.15, 0.2) is 0 Å². The highest BCUT2D eigenvalue weighted by molar-refractivity contribution is 7.89. The quantitative estimate of drug-likeness (QED) is 0.610. The number of hydrogen-bond donors (Lipinski definition) is 1. The van der Waals surface area contributed by atoms with Gasteiger partial charge in [-0.15, -0.1) is 0 Å². The van der Waals surface area contributed by atoms with E-state index >= 15 is 0 Å². The van der Waals surface area contributed by atoms with E-state index in [9.17, 15) is 22.0 Å². The SMILES string of the molecule is Cc1cc(F)ccc1NC(=O)c1cccc(S(=O)(=O)N2CCN(c3ccc(F)cc3)CC2)c1. The van der Waals surface area contributed by atoms with Gasteiger partial charge in [-0.1, -0.05) is 6.07 Å². The molecule has 1 heterocycles. The Bertz CT molecular complexity index is 1270. The van der Waals surface area contributed by atoms with E-state index in [4.69, 9.17) is 0 Å². The Morgan fingerprint density at radius 1 is 0.879 bits per heavy atom. The smallest absolute Gasteiger partial charge is 0.255 e. The Balaban J connectivity index is 1.47. The van der Waals surface area contributed by atoms with Gasteiger partial charge in [-0.3, -0.25) is 4.79 Å². The lowest BCUT2D eigenvalue weighted by atomic mass is 10.1. The molecule has 33 heavy (non-hydrogen) atoms. The van der Waals surface area contributed by atoms with Gasteiger partial charge in [0.1, 0.15) is 11.6 Å². The van der Waals surface area contributed by atoms with Gasteiger partial charge in [0.05, 0.1) is 4.90 Å². The van der Waals surface area contributed by atoms with E-state index in [1.165, 1.54) is 58.9 Å². The summed E-state index contributed by atoms with van der Waals surface area (Å²) in [6, 6.07) is 16.0. The largest absolute Gasteiger partial charge is 0.369 e. The second kappa shape index (κ2) is 9.29. The van der Waals surface area contributed by atoms with Crippen molar-refractivity contribution in [3.05, 3.63) is 89.5 Å². The van der Waals surface area contributed by atoms with Gasteiger partial charge in [0.2, 0.25) is 10.0 Å². The number of carbonyl (C=O) groups excluding carboxylic acids is 1. The van der Waals surface area contributed by atoms with Gasteiger partial charge in [-0.25, -0.2) is 17.2 Å². The van der Waals surface area contributed by atoms with Crippen molar-refractivity contribution in [2.75, 3.05) is 36.4 Å². The third kappa shape index (κ3) is 5.04. The summed E-state index contributed by atoms with van der Waals surface area (Å²) < 4.78 is 54.2. The Labute approximate surface area is 191 Å². The van der Waals surface area contributed by atoms with Crippen LogP contribution in [-0.2, 0) is 10.0 Å². The van der Waals surface area contributed by atoms with E-state index in [0.717, 1.165) is 5.69 Å². The zero-order chi connectivity index (χ0) is 23.6. The molecule has 0 spiro atoms. The highest BCUT2D eigenvalue weighted by Crippen LogP contribution is 2.23. The lowest BCUT2D eigenvalue weighted by Crippen LogP contribution is -2.48. The van der Waals surface area contributed by atoms with Crippen molar-refractivity contribution in [2.24, 2.45) is 0 Å². The van der Waals surface area contributed by atoms with Crippen LogP contribution >= 0.6 is 0 Å². The van der Waals surface area contributed by atoms with Crippen molar-refractivity contribution in [3.63, 3.8) is 0 Å². The minimum Gasteiger partial charge on any atom is -0.369 e. The summed E-state index contributed by atoms with van der Waals surface area (Å²) >= 11 is 0. The number of amides is 1. The molecule has 1 aliphatic heterocycles. The van der Waals surface area contributed by atoms with Crippen LogP contribution in [-0.4, -0.2) is 44.8 Å². The van der Waals surface area contributed by atoms with Gasteiger partial charge in [-0.2, -0.15) is 4.31 Å². The van der Waals surface area contributed by atoms with Gasteiger partial charge < -0.3 is 10.2 Å². The van der Waals surface area contributed by atoms with Crippen LogP contribution in [0.2, 0.25) is 0 Å². The first-order valence-corrected chi connectivity index (χ1v) is 11.9. The summed E-state index contributed by atoms with van der Waals surface area (Å²) in [6.45, 7) is 3.14. The molecule has 1 N–H and O–H groups in total. The number of aryl methyl sites for hydroxylation is 1. The Hall–Kier alpha value is -3.30. The Kier molecular flexibility index (Phi) is 6.44. The second-order valence-corrected chi connectivity index (χ2v) is 9.75. The maximum Gasteiger partial charge on any atom is 0.255 e. The third-order valence-corrected chi connectivity index (χ3v) is 7.50. The van der Waals surface area contributed by atoms with E-state index in [0.29, 0.717) is 24.3 Å². The molecule has 0 radical (unpaired) electrons. The van der Waals surface area contributed by atoms with E-state index in [2.05, 4.69) is 5.32 Å². The predicted molar refractivity (Wildman–Crippen MR) is 123 cm³/mol. The zero-order valence-corrected chi connectivity index (χ0v) is 18.8. The van der Waals surface area contributed by atoms with Gasteiger partial charge in [0.25, 0.3) is 5.91 Å². The maximum atomic E-state index is 13.3. The van der Waals surface area contributed by atoms with Gasteiger partial charge in [0, 0.05) is 43.1 Å². The van der Waals surface area contributed by atoms with Crippen molar-refractivity contribution in [1.29, 1.82) is 0 Å². The number of benzene rings is 3. The zero-order valence-electron chi connectivity index (χ0n) is 18.0. The number of halogens is 2. The summed E-state index contributed by atoms with van der Waals surface area (Å²) in [7, 11) is -3.80. The molecule has 0 unspecified atom stereocenters. The molecule has 1 saturated heterocycles. The van der Waals surface area contributed by atoms with Crippen molar-refractivity contribution < 1.29 is 22.0 Å². The number of carbonyl (C=O) groups is 1. The number of hydrogen-bond acceptors (Lipinski definition) is 4. The van der Waals surface area contributed by atoms with Crippen molar-refractivity contribution in [3.8, 4) is 0 Å². The molecular formula is C24H23F2N3O3S. The van der Waals surface area contributed by atoms with Gasteiger partial charge >= 0.3 is 0 Å². The van der Waals surface area contributed by atoms with Crippen LogP contribution in [0.15, 0.2) is 71.6 Å². The first-order chi connectivity index (χ1) is 15.7. The Morgan fingerprint density at radius 3 is 2.21 bits per heavy atom. The Morgan fingerprint density at radius 2 is 1.55 bits per heavy atom. The first kappa shape index (κ1) is 22.9. The summed E-state index contributed by atoms with van der Waals surface area (Å²) in [6.07, 6.45) is 0. The minimum atomic E-state index is -3.80. The molecule has 1 aliphatic rings. The van der Waals surface area contributed by atoms with Crippen molar-refractivity contribution in [1.82, 2.24) is 4.31 Å². The molecule has 9 heteroatoms. The van der Waals surface area contributed by atoms with Crippen LogP contribution in [0.25, 0.3) is 0 Å². The summed E-state index contributed by atoms with van der Waals surface area (Å²) in [5, 5.41) is 2.69. The van der Waals surface area contributed by atoms with E-state index in [1.54, 1.807) is 19.1 Å². The normalized spacial score (nSPS) is 14.8. The number of anilines is 2. The molecule has 0 bridgehead atoms. The van der Waals surface area contributed by atoms with Crippen LogP contribution < -0.4 is 10.2 Å². The monoisotopic (exact) mass is 471 g/mol. The molecule has 4 rings (SSSR count). The fourth-order valence-corrected chi connectivity index (χ4v) is 5.22. The van der Waals surface area contributed by atoms with Crippen molar-refractivity contribution in [2.45, 2.75) is 11.8 Å². The number of sulfonamides is 1. The van der Waals surface area contributed by atoms with Gasteiger partial charge in [-0.05, 0) is 73.2 Å². The molecule has 0 atom stereocenters. The molecule has 1 amide bonds. The van der Waals surface area contributed by atoms with Crippen LogP contribution in [0, 0.1) is 18.6 Å². The average molecular weight is 472 g/mol. The molecule has 3 aromatic rings. The molecule has 0 aromatic heterocycles. The van der Waals surface area contributed by atoms with Crippen LogP contribution in [0.1, 0.15) is 15.9 Å². The molecule has 6 nitrogen and oxygen atoms in total. The number of nitrogens with one attached hydrogen (secondary N) is 1. The lowest BCUT2D eigenvalue weighted by Gasteiger charge is -2.35. The number of piperazine rings is 1. The first-order valence-electron chi connectivity index (χ1n) is 10.4. The molecule has 1 fully saturated rings. The predicted octanol–water partition coefficient (Wildman–Crippen LogP) is 4.04. The molecule has 0 saturated carbocycles. The highest BCUT2D eigenvalue weighted by atomic mass is 32.2. The summed E-state index contributed by atoms with van der Waals surface area (Å²) in [4.78, 5) is 14.7. The van der Waals surface area contributed by atoms with E-state index in [1.807, 2.05) is 4.90 Å². The summed E-state index contributed by atoms with van der Waals surface area (Å²) in [5.74, 6) is -1.21. The minimum absolute atomic E-state index is 0.0289. The highest BCUT2D eigenvalue weighted by Gasteiger charge is 2.29. The standard InChI is InChI=1S/C24H23F2N3O3S/c1-17-15-20(26)7-10-23(17)27-24(30)18-3-2-4-22(16-18)33(31,32)29-13-11-28(12-14-29)21-8-5-19(25)6-9-21/h2-10,15-16H,11-14H2,1H3,(H,27,30). The number of nitrogens with zero attached hydrogens (tertiary/aromatic N) is 2. The second-order valence-electron chi connectivity index (χ2n) is 7.81. The van der Waals surface area contributed by atoms with E-state index < -0.39 is 21.7 Å². The molecular weight excluding hydrogens is 448 g/mol. The maximum absolute atomic E-state index is 13.3. The van der Waals surface area contributed by atoms with Crippen LogP contribution in [0.3, 0.4) is 0 Å². The van der Waals surface area contributed by atoms with Crippen LogP contribution in [0.4, 0.5) is 20.2 Å². The third-order valence-electron chi connectivity index (χ3n) is 5.60. The lowest BCUT2D eigenvalue weighted by molar-refractivity contribution is 0.102. The van der Waals surface area contributed by atoms with Crippen molar-refractivity contribution >= 4 is 27.3 Å². The summed E-state index contributed by atoms with van der Waals surface area (Å²) in [5.41, 5.74) is 2.03. The molecule has 3 aromatic carbocycles. The fourth-order valence-electron chi connectivity index (χ4n) is 3.75. The molecule has 0 aliphatic carbocycles.